The number of alkyl halides is 3. The summed E-state index contributed by atoms with van der Waals surface area (Å²) < 4.78 is 42.3. The summed E-state index contributed by atoms with van der Waals surface area (Å²) in [4.78, 5) is 14.8. The molecular formula is C11H10F3NO3. The number of hydrogen-bond acceptors (Lipinski definition) is 3. The van der Waals surface area contributed by atoms with E-state index in [1.165, 1.54) is 7.11 Å². The molecule has 0 saturated heterocycles. The van der Waals surface area contributed by atoms with Crippen LogP contribution in [0.25, 0.3) is 0 Å². The Hall–Kier alpha value is -1.79. The van der Waals surface area contributed by atoms with Crippen molar-refractivity contribution in [2.24, 2.45) is 0 Å². The first-order valence-corrected chi connectivity index (χ1v) is 5.16. The maximum Gasteiger partial charge on any atom is 0.418 e. The molecule has 1 aliphatic rings. The number of carboxylic acid groups (broad SMARTS) is 1. The van der Waals surface area contributed by atoms with Crippen LogP contribution in [0, 0.1) is 0 Å². The first-order chi connectivity index (χ1) is 8.31. The standard InChI is InChI=1S/C11H10F3NO3/c1-18-7-4-6(11(12,13)14)5-15-8(7)10(2-3-10)9(16)17/h4-5H,2-3H2,1H3,(H,16,17). The van der Waals surface area contributed by atoms with E-state index in [9.17, 15) is 18.0 Å². The summed E-state index contributed by atoms with van der Waals surface area (Å²) in [6.07, 6.45) is -3.17. The Kier molecular flexibility index (Phi) is 2.71. The second-order valence-corrected chi connectivity index (χ2v) is 4.16. The van der Waals surface area contributed by atoms with Crippen LogP contribution in [0.1, 0.15) is 24.1 Å². The highest BCUT2D eigenvalue weighted by Crippen LogP contribution is 2.51. The largest absolute Gasteiger partial charge is 0.495 e. The van der Waals surface area contributed by atoms with Crippen molar-refractivity contribution in [1.82, 2.24) is 4.98 Å². The fourth-order valence-electron chi connectivity index (χ4n) is 1.79. The molecule has 0 aliphatic heterocycles. The van der Waals surface area contributed by atoms with E-state index in [0.717, 1.165) is 6.07 Å². The fourth-order valence-corrected chi connectivity index (χ4v) is 1.79. The molecule has 98 valence electrons. The molecule has 1 aromatic heterocycles. The van der Waals surface area contributed by atoms with Crippen molar-refractivity contribution in [2.75, 3.05) is 7.11 Å². The summed E-state index contributed by atoms with van der Waals surface area (Å²) in [5.41, 5.74) is -2.08. The number of halogens is 3. The number of rotatable bonds is 3. The Balaban J connectivity index is 2.48. The van der Waals surface area contributed by atoms with E-state index in [4.69, 9.17) is 9.84 Å². The number of methoxy groups -OCH3 is 1. The van der Waals surface area contributed by atoms with E-state index in [2.05, 4.69) is 4.98 Å². The molecule has 1 aromatic rings. The van der Waals surface area contributed by atoms with Gasteiger partial charge < -0.3 is 9.84 Å². The second-order valence-electron chi connectivity index (χ2n) is 4.16. The second kappa shape index (κ2) is 3.86. The number of carboxylic acids is 1. The molecule has 1 saturated carbocycles. The minimum absolute atomic E-state index is 0.0606. The average molecular weight is 261 g/mol. The first kappa shape index (κ1) is 12.7. The highest BCUT2D eigenvalue weighted by molar-refractivity contribution is 5.85. The molecule has 0 spiro atoms. The zero-order chi connectivity index (χ0) is 13.6. The van der Waals surface area contributed by atoms with Gasteiger partial charge in [-0.05, 0) is 18.9 Å². The van der Waals surface area contributed by atoms with Crippen molar-refractivity contribution in [3.05, 3.63) is 23.5 Å². The van der Waals surface area contributed by atoms with E-state index >= 15 is 0 Å². The molecule has 0 unspecified atom stereocenters. The van der Waals surface area contributed by atoms with Gasteiger partial charge in [0.05, 0.1) is 18.4 Å². The quantitative estimate of drug-likeness (QED) is 0.906. The topological polar surface area (TPSA) is 59.4 Å². The van der Waals surface area contributed by atoms with Gasteiger partial charge in [-0.1, -0.05) is 0 Å². The molecule has 1 N–H and O–H groups in total. The number of aromatic nitrogens is 1. The maximum atomic E-state index is 12.5. The maximum absolute atomic E-state index is 12.5. The van der Waals surface area contributed by atoms with Crippen LogP contribution in [0.3, 0.4) is 0 Å². The fraction of sp³-hybridized carbons (Fsp3) is 0.455. The lowest BCUT2D eigenvalue weighted by atomic mass is 10.0. The normalized spacial score (nSPS) is 17.3. The van der Waals surface area contributed by atoms with Crippen LogP contribution in [-0.2, 0) is 16.4 Å². The number of carbonyl (C=O) groups is 1. The van der Waals surface area contributed by atoms with Crippen molar-refractivity contribution in [3.8, 4) is 5.75 Å². The third-order valence-corrected chi connectivity index (χ3v) is 3.01. The van der Waals surface area contributed by atoms with Crippen LogP contribution in [0.15, 0.2) is 12.3 Å². The first-order valence-electron chi connectivity index (χ1n) is 5.16. The van der Waals surface area contributed by atoms with E-state index in [-0.39, 0.29) is 11.4 Å². The summed E-state index contributed by atoms with van der Waals surface area (Å²) in [7, 11) is 1.19. The highest BCUT2D eigenvalue weighted by atomic mass is 19.4. The minimum Gasteiger partial charge on any atom is -0.495 e. The van der Waals surface area contributed by atoms with Crippen molar-refractivity contribution >= 4 is 5.97 Å². The summed E-state index contributed by atoms with van der Waals surface area (Å²) in [6.45, 7) is 0. The van der Waals surface area contributed by atoms with Crippen LogP contribution in [0.2, 0.25) is 0 Å². The summed E-state index contributed by atoms with van der Waals surface area (Å²) in [6, 6.07) is 0.783. The van der Waals surface area contributed by atoms with Crippen LogP contribution >= 0.6 is 0 Å². The monoisotopic (exact) mass is 261 g/mol. The lowest BCUT2D eigenvalue weighted by molar-refractivity contribution is -0.140. The van der Waals surface area contributed by atoms with E-state index in [0.29, 0.717) is 19.0 Å². The van der Waals surface area contributed by atoms with Crippen LogP contribution < -0.4 is 4.74 Å². The molecule has 0 bridgehead atoms. The Morgan fingerprint density at radius 2 is 2.11 bits per heavy atom. The summed E-state index contributed by atoms with van der Waals surface area (Å²) in [5, 5.41) is 9.09. The van der Waals surface area contributed by atoms with Gasteiger partial charge in [-0.3, -0.25) is 9.78 Å². The molecule has 0 atom stereocenters. The molecule has 1 fully saturated rings. The van der Waals surface area contributed by atoms with Crippen molar-refractivity contribution in [2.45, 2.75) is 24.4 Å². The molecule has 2 rings (SSSR count). The smallest absolute Gasteiger partial charge is 0.418 e. The summed E-state index contributed by atoms with van der Waals surface area (Å²) >= 11 is 0. The van der Waals surface area contributed by atoms with Gasteiger partial charge in [-0.2, -0.15) is 13.2 Å². The number of hydrogen-bond donors (Lipinski definition) is 1. The van der Waals surface area contributed by atoms with Crippen molar-refractivity contribution in [3.63, 3.8) is 0 Å². The minimum atomic E-state index is -4.53. The van der Waals surface area contributed by atoms with E-state index in [1.807, 2.05) is 0 Å². The van der Waals surface area contributed by atoms with Crippen LogP contribution in [0.5, 0.6) is 5.75 Å². The molecule has 4 nitrogen and oxygen atoms in total. The number of aliphatic carboxylic acids is 1. The van der Waals surface area contributed by atoms with Gasteiger partial charge in [0.2, 0.25) is 0 Å². The lowest BCUT2D eigenvalue weighted by Crippen LogP contribution is -2.22. The van der Waals surface area contributed by atoms with Gasteiger partial charge in [0.1, 0.15) is 11.2 Å². The van der Waals surface area contributed by atoms with Crippen molar-refractivity contribution < 1.29 is 27.8 Å². The molecule has 7 heteroatoms. The van der Waals surface area contributed by atoms with Crippen LogP contribution in [0.4, 0.5) is 13.2 Å². The van der Waals surface area contributed by atoms with E-state index in [1.54, 1.807) is 0 Å². The third-order valence-electron chi connectivity index (χ3n) is 3.01. The summed E-state index contributed by atoms with van der Waals surface area (Å²) in [5.74, 6) is -1.22. The van der Waals surface area contributed by atoms with Gasteiger partial charge in [-0.25, -0.2) is 0 Å². The number of ether oxygens (including phenoxy) is 1. The Labute approximate surface area is 100 Å². The zero-order valence-electron chi connectivity index (χ0n) is 9.41. The van der Waals surface area contributed by atoms with Gasteiger partial charge >= 0.3 is 12.1 Å². The zero-order valence-corrected chi connectivity index (χ0v) is 9.41. The average Bonchev–Trinajstić information content (AvgIpc) is 3.08. The molecule has 0 amide bonds. The third kappa shape index (κ3) is 1.89. The van der Waals surface area contributed by atoms with Crippen molar-refractivity contribution in [1.29, 1.82) is 0 Å². The molecule has 1 aliphatic carbocycles. The SMILES string of the molecule is COc1cc(C(F)(F)F)cnc1C1(C(=O)O)CC1. The molecular weight excluding hydrogens is 251 g/mol. The van der Waals surface area contributed by atoms with Gasteiger partial charge in [0.15, 0.2) is 0 Å². The predicted molar refractivity (Wildman–Crippen MR) is 54.3 cm³/mol. The number of nitrogens with zero attached hydrogens (tertiary/aromatic N) is 1. The van der Waals surface area contributed by atoms with Gasteiger partial charge in [0, 0.05) is 6.20 Å². The molecule has 1 heterocycles. The molecule has 0 aromatic carbocycles. The number of pyridine rings is 1. The van der Waals surface area contributed by atoms with Gasteiger partial charge in [0.25, 0.3) is 0 Å². The molecule has 0 radical (unpaired) electrons. The van der Waals surface area contributed by atoms with Crippen LogP contribution in [-0.4, -0.2) is 23.2 Å². The van der Waals surface area contributed by atoms with E-state index < -0.39 is 23.1 Å². The Morgan fingerprint density at radius 1 is 1.50 bits per heavy atom. The molecule has 18 heavy (non-hydrogen) atoms. The van der Waals surface area contributed by atoms with Gasteiger partial charge in [-0.15, -0.1) is 0 Å². The highest BCUT2D eigenvalue weighted by Gasteiger charge is 2.55. The predicted octanol–water partition coefficient (Wildman–Crippen LogP) is 2.23. The Bertz CT molecular complexity index is 495. The Morgan fingerprint density at radius 3 is 2.50 bits per heavy atom. The lowest BCUT2D eigenvalue weighted by Gasteiger charge is -2.15.